The first-order chi connectivity index (χ1) is 11.8. The van der Waals surface area contributed by atoms with Crippen LogP contribution in [0.4, 0.5) is 5.69 Å². The van der Waals surface area contributed by atoms with Crippen molar-refractivity contribution in [1.82, 2.24) is 5.01 Å². The number of carbonyl (C=O) groups excluding carboxylic acids is 3. The van der Waals surface area contributed by atoms with E-state index in [2.05, 4.69) is 15.2 Å². The Hall–Kier alpha value is -3.10. The number of amides is 2. The number of esters is 1. The highest BCUT2D eigenvalue weighted by Crippen LogP contribution is 2.28. The molecule has 1 atom stereocenters. The lowest BCUT2D eigenvalue weighted by Gasteiger charge is -2.24. The summed E-state index contributed by atoms with van der Waals surface area (Å²) in [5.74, 6) is -1.81. The maximum atomic E-state index is 12.5. The normalized spacial score (nSPS) is 15.6. The molecule has 1 aromatic carbocycles. The number of methoxy groups -OCH3 is 1. The molecule has 0 saturated heterocycles. The molecule has 0 aliphatic carbocycles. The van der Waals surface area contributed by atoms with Crippen LogP contribution in [0.15, 0.2) is 23.3 Å². The van der Waals surface area contributed by atoms with Gasteiger partial charge < -0.3 is 21.5 Å². The number of anilines is 1. The molecule has 0 saturated carbocycles. The molecule has 1 aromatic rings. The number of benzene rings is 1. The van der Waals surface area contributed by atoms with Crippen molar-refractivity contribution >= 4 is 29.4 Å². The second-order valence-electron chi connectivity index (χ2n) is 5.59. The maximum Gasteiger partial charge on any atom is 0.306 e. The van der Waals surface area contributed by atoms with Gasteiger partial charge in [0.2, 0.25) is 11.9 Å². The number of nitrogens with zero attached hydrogens (tertiary/aromatic N) is 2. The molecule has 25 heavy (non-hydrogen) atoms. The third-order valence-electron chi connectivity index (χ3n) is 3.86. The summed E-state index contributed by atoms with van der Waals surface area (Å²) in [6.07, 6.45) is 0.409. The molecule has 0 bridgehead atoms. The smallest absolute Gasteiger partial charge is 0.306 e. The molecule has 1 heterocycles. The molecule has 0 aromatic heterocycles. The fourth-order valence-corrected chi connectivity index (χ4v) is 2.59. The van der Waals surface area contributed by atoms with Gasteiger partial charge in [-0.3, -0.25) is 14.4 Å². The van der Waals surface area contributed by atoms with Crippen LogP contribution in [0.2, 0.25) is 0 Å². The Kier molecular flexibility index (Phi) is 5.58. The predicted octanol–water partition coefficient (Wildman–Crippen LogP) is 0.0110. The predicted molar refractivity (Wildman–Crippen MR) is 91.4 cm³/mol. The molecule has 0 spiro atoms. The SMILES string of the molecule is CCN(N=C(N)N)C(=O)c1ccc2c(c1)NC(=O)C(CC(=O)OC)C2. The van der Waals surface area contributed by atoms with Crippen LogP contribution in [0.25, 0.3) is 0 Å². The van der Waals surface area contributed by atoms with Crippen molar-refractivity contribution in [1.29, 1.82) is 0 Å². The highest BCUT2D eigenvalue weighted by atomic mass is 16.5. The standard InChI is InChI=1S/C16H21N5O4/c1-3-21(20-16(17)18)15(24)10-5-4-9-6-11(8-13(22)25-2)14(23)19-12(9)7-10/h4-5,7,11H,3,6,8H2,1-2H3,(H,19,23)(H4,17,18,20). The van der Waals surface area contributed by atoms with Gasteiger partial charge in [-0.1, -0.05) is 6.07 Å². The van der Waals surface area contributed by atoms with Crippen molar-refractivity contribution in [2.45, 2.75) is 19.8 Å². The first-order valence-corrected chi connectivity index (χ1v) is 7.77. The quantitative estimate of drug-likeness (QED) is 0.297. The largest absolute Gasteiger partial charge is 0.469 e. The summed E-state index contributed by atoms with van der Waals surface area (Å²) < 4.78 is 4.61. The van der Waals surface area contributed by atoms with Crippen LogP contribution in [0, 0.1) is 5.92 Å². The molecule has 0 fully saturated rings. The Labute approximate surface area is 145 Å². The maximum absolute atomic E-state index is 12.5. The van der Waals surface area contributed by atoms with E-state index >= 15 is 0 Å². The summed E-state index contributed by atoms with van der Waals surface area (Å²) in [6, 6.07) is 4.96. The zero-order valence-electron chi connectivity index (χ0n) is 14.1. The van der Waals surface area contributed by atoms with Crippen molar-refractivity contribution in [2.75, 3.05) is 19.0 Å². The fraction of sp³-hybridized carbons (Fsp3) is 0.375. The number of carbonyl (C=O) groups is 3. The minimum Gasteiger partial charge on any atom is -0.469 e. The third-order valence-corrected chi connectivity index (χ3v) is 3.86. The van der Waals surface area contributed by atoms with Gasteiger partial charge in [0, 0.05) is 17.8 Å². The molecule has 1 aliphatic rings. The van der Waals surface area contributed by atoms with Gasteiger partial charge in [0.25, 0.3) is 5.91 Å². The topological polar surface area (TPSA) is 140 Å². The molecule has 5 N–H and O–H groups in total. The van der Waals surface area contributed by atoms with Crippen LogP contribution in [-0.2, 0) is 20.7 Å². The average Bonchev–Trinajstić information content (AvgIpc) is 2.58. The highest BCUT2D eigenvalue weighted by Gasteiger charge is 2.29. The van der Waals surface area contributed by atoms with E-state index in [0.717, 1.165) is 10.6 Å². The minimum atomic E-state index is -0.490. The number of fused-ring (bicyclic) bond motifs is 1. The molecule has 1 aliphatic heterocycles. The third kappa shape index (κ3) is 4.25. The number of hydrogen-bond donors (Lipinski definition) is 3. The lowest BCUT2D eigenvalue weighted by molar-refractivity contribution is -0.143. The zero-order valence-corrected chi connectivity index (χ0v) is 14.1. The van der Waals surface area contributed by atoms with Gasteiger partial charge in [0.15, 0.2) is 0 Å². The molecule has 9 heteroatoms. The molecule has 0 radical (unpaired) electrons. The summed E-state index contributed by atoms with van der Waals surface area (Å²) in [6.45, 7) is 2.03. The van der Waals surface area contributed by atoms with Gasteiger partial charge in [0.1, 0.15) is 0 Å². The van der Waals surface area contributed by atoms with Gasteiger partial charge in [-0.25, -0.2) is 5.01 Å². The molecular formula is C16H21N5O4. The van der Waals surface area contributed by atoms with Gasteiger partial charge in [-0.15, -0.1) is 5.10 Å². The second-order valence-corrected chi connectivity index (χ2v) is 5.59. The Bertz CT molecular complexity index is 727. The average molecular weight is 347 g/mol. The highest BCUT2D eigenvalue weighted by molar-refractivity contribution is 6.00. The zero-order chi connectivity index (χ0) is 18.6. The first-order valence-electron chi connectivity index (χ1n) is 7.77. The number of nitrogens with two attached hydrogens (primary N) is 2. The van der Waals surface area contributed by atoms with Gasteiger partial charge in [-0.05, 0) is 31.0 Å². The Morgan fingerprint density at radius 2 is 2.12 bits per heavy atom. The molecule has 9 nitrogen and oxygen atoms in total. The summed E-state index contributed by atoms with van der Waals surface area (Å²) >= 11 is 0. The lowest BCUT2D eigenvalue weighted by atomic mass is 9.90. The van der Waals surface area contributed by atoms with Crippen LogP contribution in [0.5, 0.6) is 0 Å². The van der Waals surface area contributed by atoms with E-state index in [1.165, 1.54) is 7.11 Å². The van der Waals surface area contributed by atoms with Gasteiger partial charge in [-0.2, -0.15) is 0 Å². The van der Waals surface area contributed by atoms with Crippen LogP contribution in [0.1, 0.15) is 29.3 Å². The van der Waals surface area contributed by atoms with Crippen LogP contribution < -0.4 is 16.8 Å². The minimum absolute atomic E-state index is 0.0105. The summed E-state index contributed by atoms with van der Waals surface area (Å²) in [5.41, 5.74) is 12.4. The number of guanidine groups is 1. The summed E-state index contributed by atoms with van der Waals surface area (Å²) in [5, 5.41) is 7.64. The van der Waals surface area contributed by atoms with E-state index in [1.807, 2.05) is 0 Å². The molecule has 134 valence electrons. The van der Waals surface area contributed by atoms with E-state index in [0.29, 0.717) is 24.2 Å². The number of ether oxygens (including phenoxy) is 1. The van der Waals surface area contributed by atoms with Gasteiger partial charge in [0.05, 0.1) is 19.4 Å². The monoisotopic (exact) mass is 347 g/mol. The number of rotatable bonds is 5. The van der Waals surface area contributed by atoms with Gasteiger partial charge >= 0.3 is 5.97 Å². The molecular weight excluding hydrogens is 326 g/mol. The van der Waals surface area contributed by atoms with Crippen molar-refractivity contribution in [3.8, 4) is 0 Å². The van der Waals surface area contributed by atoms with E-state index < -0.39 is 11.9 Å². The van der Waals surface area contributed by atoms with E-state index in [9.17, 15) is 14.4 Å². The van der Waals surface area contributed by atoms with Crippen molar-refractivity contribution in [3.63, 3.8) is 0 Å². The number of hydrazone groups is 1. The lowest BCUT2D eigenvalue weighted by Crippen LogP contribution is -2.34. The van der Waals surface area contributed by atoms with Crippen molar-refractivity contribution < 1.29 is 19.1 Å². The van der Waals surface area contributed by atoms with E-state index in [4.69, 9.17) is 11.5 Å². The van der Waals surface area contributed by atoms with Crippen LogP contribution in [-0.4, -0.2) is 42.4 Å². The van der Waals surface area contributed by atoms with E-state index in [1.54, 1.807) is 25.1 Å². The molecule has 2 amide bonds. The Balaban J connectivity index is 2.22. The van der Waals surface area contributed by atoms with Crippen molar-refractivity contribution in [2.24, 2.45) is 22.5 Å². The Morgan fingerprint density at radius 3 is 2.72 bits per heavy atom. The Morgan fingerprint density at radius 1 is 1.40 bits per heavy atom. The number of nitrogens with one attached hydrogen (secondary N) is 1. The summed E-state index contributed by atoms with van der Waals surface area (Å²) in [4.78, 5) is 36.0. The van der Waals surface area contributed by atoms with Crippen LogP contribution >= 0.6 is 0 Å². The summed E-state index contributed by atoms with van der Waals surface area (Å²) in [7, 11) is 1.28. The molecule has 1 unspecified atom stereocenters. The van der Waals surface area contributed by atoms with Crippen molar-refractivity contribution in [3.05, 3.63) is 29.3 Å². The fourth-order valence-electron chi connectivity index (χ4n) is 2.59. The molecule has 2 rings (SSSR count). The second kappa shape index (κ2) is 7.65. The first kappa shape index (κ1) is 18.2. The number of hydrogen-bond acceptors (Lipinski definition) is 5. The van der Waals surface area contributed by atoms with Crippen LogP contribution in [0.3, 0.4) is 0 Å². The van der Waals surface area contributed by atoms with E-state index in [-0.39, 0.29) is 24.2 Å².